The fourth-order valence-electron chi connectivity index (χ4n) is 3.65. The fourth-order valence-corrected chi connectivity index (χ4v) is 3.65. The van der Waals surface area contributed by atoms with Crippen molar-refractivity contribution in [1.29, 1.82) is 0 Å². The van der Waals surface area contributed by atoms with Crippen molar-refractivity contribution in [2.45, 2.75) is 79.2 Å². The molecule has 124 valence electrons. The molecule has 0 heterocycles. The third-order valence-corrected chi connectivity index (χ3v) is 5.28. The van der Waals surface area contributed by atoms with E-state index < -0.39 is 0 Å². The Kier molecular flexibility index (Phi) is 7.19. The molecule has 1 fully saturated rings. The van der Waals surface area contributed by atoms with Gasteiger partial charge < -0.3 is 10.6 Å². The zero-order valence-corrected chi connectivity index (χ0v) is 14.8. The minimum Gasteiger partial charge on any atom is -0.339 e. The summed E-state index contributed by atoms with van der Waals surface area (Å²) in [7, 11) is 0. The minimum absolute atomic E-state index is 0.288. The van der Waals surface area contributed by atoms with Gasteiger partial charge in [0.15, 0.2) is 0 Å². The molecule has 0 saturated heterocycles. The Balaban J connectivity index is 2.96. The van der Waals surface area contributed by atoms with Gasteiger partial charge >= 0.3 is 0 Å². The molecule has 3 nitrogen and oxygen atoms in total. The number of hydrogen-bond donors (Lipinski definition) is 1. The maximum absolute atomic E-state index is 13.3. The molecule has 3 heteroatoms. The Labute approximate surface area is 131 Å². The van der Waals surface area contributed by atoms with Crippen LogP contribution in [0, 0.1) is 17.3 Å². The van der Waals surface area contributed by atoms with Crippen molar-refractivity contribution in [3.63, 3.8) is 0 Å². The number of amides is 1. The summed E-state index contributed by atoms with van der Waals surface area (Å²) >= 11 is 0. The van der Waals surface area contributed by atoms with Crippen molar-refractivity contribution < 1.29 is 4.79 Å². The van der Waals surface area contributed by atoms with Crippen LogP contribution in [0.3, 0.4) is 0 Å². The predicted octanol–water partition coefficient (Wildman–Crippen LogP) is 3.81. The number of carbonyl (C=O) groups is 1. The molecule has 2 N–H and O–H groups in total. The van der Waals surface area contributed by atoms with E-state index in [0.29, 0.717) is 24.4 Å². The van der Waals surface area contributed by atoms with Crippen molar-refractivity contribution in [3.8, 4) is 0 Å². The Hall–Kier alpha value is -0.570. The van der Waals surface area contributed by atoms with Crippen molar-refractivity contribution in [3.05, 3.63) is 0 Å². The molecule has 0 aromatic carbocycles. The average molecular weight is 296 g/mol. The Bertz CT molecular complexity index is 315. The normalized spacial score (nSPS) is 26.4. The number of hydrogen-bond acceptors (Lipinski definition) is 2. The summed E-state index contributed by atoms with van der Waals surface area (Å²) in [6.45, 7) is 12.4. The van der Waals surface area contributed by atoms with Gasteiger partial charge in [-0.05, 0) is 50.4 Å². The minimum atomic E-state index is -0.288. The van der Waals surface area contributed by atoms with E-state index in [0.717, 1.165) is 51.0 Å². The molecule has 0 spiro atoms. The average Bonchev–Trinajstić information content (AvgIpc) is 2.47. The van der Waals surface area contributed by atoms with Crippen LogP contribution in [-0.2, 0) is 4.79 Å². The SMILES string of the molecule is CCC(CC)N(CC(C)C)C(=O)C1(CN)CCC(C)CC1. The summed E-state index contributed by atoms with van der Waals surface area (Å²) < 4.78 is 0. The van der Waals surface area contributed by atoms with Gasteiger partial charge in [0.2, 0.25) is 5.91 Å². The lowest BCUT2D eigenvalue weighted by molar-refractivity contribution is -0.147. The zero-order chi connectivity index (χ0) is 16.0. The standard InChI is InChI=1S/C18H36N2O/c1-6-16(7-2)20(12-14(3)4)17(21)18(13-19)10-8-15(5)9-11-18/h14-16H,6-13,19H2,1-5H3. The first-order valence-electron chi connectivity index (χ1n) is 8.91. The summed E-state index contributed by atoms with van der Waals surface area (Å²) in [4.78, 5) is 15.5. The second-order valence-electron chi connectivity index (χ2n) is 7.49. The first-order chi connectivity index (χ1) is 9.90. The van der Waals surface area contributed by atoms with Gasteiger partial charge in [-0.2, -0.15) is 0 Å². The molecule has 0 radical (unpaired) electrons. The molecule has 21 heavy (non-hydrogen) atoms. The number of nitrogens with zero attached hydrogens (tertiary/aromatic N) is 1. The number of rotatable bonds is 7. The molecule has 1 amide bonds. The van der Waals surface area contributed by atoms with Gasteiger partial charge in [-0.15, -0.1) is 0 Å². The van der Waals surface area contributed by atoms with Crippen LogP contribution in [0.4, 0.5) is 0 Å². The lowest BCUT2D eigenvalue weighted by Gasteiger charge is -2.43. The molecule has 0 bridgehead atoms. The highest BCUT2D eigenvalue weighted by molar-refractivity contribution is 5.83. The summed E-state index contributed by atoms with van der Waals surface area (Å²) in [5, 5.41) is 0. The van der Waals surface area contributed by atoms with Crippen LogP contribution in [0.25, 0.3) is 0 Å². The molecule has 0 aromatic heterocycles. The van der Waals surface area contributed by atoms with E-state index in [9.17, 15) is 4.79 Å². The summed E-state index contributed by atoms with van der Waals surface area (Å²) in [5.41, 5.74) is 5.80. The molecule has 1 rings (SSSR count). The molecular formula is C18H36N2O. The zero-order valence-electron chi connectivity index (χ0n) is 14.8. The lowest BCUT2D eigenvalue weighted by Crippen LogP contribution is -2.53. The third kappa shape index (κ3) is 4.45. The lowest BCUT2D eigenvalue weighted by atomic mass is 9.69. The molecule has 1 saturated carbocycles. The smallest absolute Gasteiger partial charge is 0.230 e. The van der Waals surface area contributed by atoms with E-state index in [2.05, 4.69) is 39.5 Å². The van der Waals surface area contributed by atoms with Crippen molar-refractivity contribution >= 4 is 5.91 Å². The maximum atomic E-state index is 13.3. The van der Waals surface area contributed by atoms with Gasteiger partial charge in [0, 0.05) is 19.1 Å². The molecule has 0 aliphatic heterocycles. The van der Waals surface area contributed by atoms with Gasteiger partial charge in [-0.1, -0.05) is 34.6 Å². The van der Waals surface area contributed by atoms with Crippen LogP contribution in [0.15, 0.2) is 0 Å². The highest BCUT2D eigenvalue weighted by Crippen LogP contribution is 2.40. The molecule has 1 aliphatic carbocycles. The largest absolute Gasteiger partial charge is 0.339 e. The first kappa shape index (κ1) is 18.5. The predicted molar refractivity (Wildman–Crippen MR) is 90.0 cm³/mol. The number of carbonyl (C=O) groups excluding carboxylic acids is 1. The molecular weight excluding hydrogens is 260 g/mol. The van der Waals surface area contributed by atoms with Crippen LogP contribution in [0.5, 0.6) is 0 Å². The van der Waals surface area contributed by atoms with Crippen LogP contribution < -0.4 is 5.73 Å². The summed E-state index contributed by atoms with van der Waals surface area (Å²) in [5.74, 6) is 1.58. The topological polar surface area (TPSA) is 46.3 Å². The molecule has 0 aromatic rings. The summed E-state index contributed by atoms with van der Waals surface area (Å²) in [6, 6.07) is 0.364. The van der Waals surface area contributed by atoms with Gasteiger partial charge in [-0.3, -0.25) is 4.79 Å². The molecule has 0 unspecified atom stereocenters. The van der Waals surface area contributed by atoms with Crippen LogP contribution in [0.2, 0.25) is 0 Å². The van der Waals surface area contributed by atoms with Gasteiger partial charge in [0.1, 0.15) is 0 Å². The van der Waals surface area contributed by atoms with Gasteiger partial charge in [-0.25, -0.2) is 0 Å². The first-order valence-corrected chi connectivity index (χ1v) is 8.91. The van der Waals surface area contributed by atoms with Gasteiger partial charge in [0.05, 0.1) is 5.41 Å². The van der Waals surface area contributed by atoms with E-state index in [-0.39, 0.29) is 5.41 Å². The van der Waals surface area contributed by atoms with E-state index in [1.807, 2.05) is 0 Å². The second-order valence-corrected chi connectivity index (χ2v) is 7.49. The van der Waals surface area contributed by atoms with E-state index in [4.69, 9.17) is 5.73 Å². The Morgan fingerprint density at radius 2 is 1.76 bits per heavy atom. The van der Waals surface area contributed by atoms with E-state index >= 15 is 0 Å². The highest BCUT2D eigenvalue weighted by atomic mass is 16.2. The third-order valence-electron chi connectivity index (χ3n) is 5.28. The number of nitrogens with two attached hydrogens (primary N) is 1. The molecule has 1 aliphatic rings. The van der Waals surface area contributed by atoms with Crippen LogP contribution in [0.1, 0.15) is 73.1 Å². The molecule has 0 atom stereocenters. The van der Waals surface area contributed by atoms with Crippen molar-refractivity contribution in [2.24, 2.45) is 23.0 Å². The second kappa shape index (κ2) is 8.17. The van der Waals surface area contributed by atoms with Crippen LogP contribution >= 0.6 is 0 Å². The van der Waals surface area contributed by atoms with E-state index in [1.165, 1.54) is 0 Å². The van der Waals surface area contributed by atoms with Gasteiger partial charge in [0.25, 0.3) is 0 Å². The van der Waals surface area contributed by atoms with Crippen molar-refractivity contribution in [2.75, 3.05) is 13.1 Å². The summed E-state index contributed by atoms with van der Waals surface area (Å²) in [6.07, 6.45) is 6.29. The maximum Gasteiger partial charge on any atom is 0.230 e. The highest BCUT2D eigenvalue weighted by Gasteiger charge is 2.43. The Morgan fingerprint density at radius 1 is 1.24 bits per heavy atom. The fraction of sp³-hybridized carbons (Fsp3) is 0.944. The Morgan fingerprint density at radius 3 is 2.14 bits per heavy atom. The quantitative estimate of drug-likeness (QED) is 0.776. The monoisotopic (exact) mass is 296 g/mol. The van der Waals surface area contributed by atoms with Crippen LogP contribution in [-0.4, -0.2) is 29.9 Å². The van der Waals surface area contributed by atoms with E-state index in [1.54, 1.807) is 0 Å². The van der Waals surface area contributed by atoms with Crippen molar-refractivity contribution in [1.82, 2.24) is 4.90 Å².